The summed E-state index contributed by atoms with van der Waals surface area (Å²) in [5, 5.41) is 9.38. The Morgan fingerprint density at radius 2 is 0.825 bits per heavy atom. The number of sulfone groups is 2. The maximum absolute atomic E-state index is 13.0. The van der Waals surface area contributed by atoms with Gasteiger partial charge in [0.1, 0.15) is 36.2 Å². The van der Waals surface area contributed by atoms with Gasteiger partial charge >= 0.3 is 0 Å². The van der Waals surface area contributed by atoms with E-state index in [-0.39, 0.29) is 38.5 Å². The van der Waals surface area contributed by atoms with Crippen LogP contribution in [0.3, 0.4) is 0 Å². The van der Waals surface area contributed by atoms with Crippen LogP contribution in [0.1, 0.15) is 13.8 Å². The van der Waals surface area contributed by atoms with Crippen LogP contribution in [0.4, 0.5) is 0 Å². The molecular formula is C30H30O8S2. The molecule has 0 fully saturated rings. The number of benzene rings is 4. The molecule has 0 amide bonds. The van der Waals surface area contributed by atoms with Crippen molar-refractivity contribution in [1.82, 2.24) is 0 Å². The average molecular weight is 583 g/mol. The summed E-state index contributed by atoms with van der Waals surface area (Å²) in [6, 6.07) is 23.8. The molecule has 10 heteroatoms. The van der Waals surface area contributed by atoms with E-state index in [0.29, 0.717) is 29.8 Å². The van der Waals surface area contributed by atoms with E-state index in [0.717, 1.165) is 0 Å². The van der Waals surface area contributed by atoms with Crippen molar-refractivity contribution >= 4 is 19.7 Å². The standard InChI is InChI=1S/C30H30O8S2/c1-22(2)21-38-26-9-17-30(18-10-26)40(34,35)29-15-7-25(8-16-29)37-20-19-36-24-5-13-28(14-6-24)39(32,33)27-11-3-23(31)4-12-27/h3-18,22,31H,19-21H2,1-2H3. The predicted octanol–water partition coefficient (Wildman–Crippen LogP) is 5.55. The van der Waals surface area contributed by atoms with Gasteiger partial charge in [-0.3, -0.25) is 0 Å². The average Bonchev–Trinajstić information content (AvgIpc) is 2.95. The first-order valence-electron chi connectivity index (χ1n) is 12.5. The Morgan fingerprint density at radius 1 is 0.525 bits per heavy atom. The van der Waals surface area contributed by atoms with Crippen LogP contribution < -0.4 is 14.2 Å². The molecule has 0 aliphatic heterocycles. The molecule has 0 atom stereocenters. The number of aromatic hydroxyl groups is 1. The number of rotatable bonds is 12. The van der Waals surface area contributed by atoms with Crippen LogP contribution in [0.5, 0.6) is 23.0 Å². The van der Waals surface area contributed by atoms with E-state index in [2.05, 4.69) is 0 Å². The molecule has 8 nitrogen and oxygen atoms in total. The second kappa shape index (κ2) is 12.4. The van der Waals surface area contributed by atoms with Gasteiger partial charge in [-0.25, -0.2) is 16.8 Å². The van der Waals surface area contributed by atoms with Crippen LogP contribution in [0.15, 0.2) is 117 Å². The Bertz CT molecular complexity index is 1610. The minimum atomic E-state index is -3.71. The number of phenolic OH excluding ortho intramolecular Hbond substituents is 1. The lowest BCUT2D eigenvalue weighted by molar-refractivity contribution is 0.217. The molecule has 0 spiro atoms. The Balaban J connectivity index is 1.28. The van der Waals surface area contributed by atoms with E-state index < -0.39 is 19.7 Å². The maximum atomic E-state index is 13.0. The van der Waals surface area contributed by atoms with Crippen LogP contribution in [0.25, 0.3) is 0 Å². The molecule has 0 saturated carbocycles. The van der Waals surface area contributed by atoms with E-state index in [1.54, 1.807) is 36.4 Å². The fourth-order valence-corrected chi connectivity index (χ4v) is 6.15. The van der Waals surface area contributed by atoms with Crippen molar-refractivity contribution in [2.75, 3.05) is 19.8 Å². The second-order valence-electron chi connectivity index (χ2n) is 9.32. The SMILES string of the molecule is CC(C)COc1ccc(S(=O)(=O)c2ccc(OCCOc3ccc(S(=O)(=O)c4ccc(O)cc4)cc3)cc2)cc1. The topological polar surface area (TPSA) is 116 Å². The molecule has 0 heterocycles. The minimum absolute atomic E-state index is 0.0140. The fraction of sp³-hybridized carbons (Fsp3) is 0.200. The van der Waals surface area contributed by atoms with E-state index in [4.69, 9.17) is 14.2 Å². The van der Waals surface area contributed by atoms with Gasteiger partial charge in [0.15, 0.2) is 0 Å². The normalized spacial score (nSPS) is 11.8. The number of hydrogen-bond acceptors (Lipinski definition) is 8. The van der Waals surface area contributed by atoms with E-state index in [1.807, 2.05) is 13.8 Å². The Kier molecular flexibility index (Phi) is 9.01. The number of phenols is 1. The minimum Gasteiger partial charge on any atom is -0.508 e. The van der Waals surface area contributed by atoms with E-state index in [1.165, 1.54) is 60.7 Å². The molecule has 4 aromatic rings. The highest BCUT2D eigenvalue weighted by atomic mass is 32.2. The third-order valence-corrected chi connectivity index (χ3v) is 9.32. The van der Waals surface area contributed by atoms with Gasteiger partial charge in [-0.05, 0) is 103 Å². The Labute approximate surface area is 234 Å². The largest absolute Gasteiger partial charge is 0.508 e. The summed E-state index contributed by atoms with van der Waals surface area (Å²) < 4.78 is 68.3. The molecule has 0 unspecified atom stereocenters. The third-order valence-electron chi connectivity index (χ3n) is 5.75. The Hall–Kier alpha value is -4.02. The van der Waals surface area contributed by atoms with Gasteiger partial charge in [-0.1, -0.05) is 13.8 Å². The maximum Gasteiger partial charge on any atom is 0.206 e. The van der Waals surface area contributed by atoms with Gasteiger partial charge in [0.2, 0.25) is 19.7 Å². The molecule has 4 aromatic carbocycles. The zero-order valence-corrected chi connectivity index (χ0v) is 23.7. The van der Waals surface area contributed by atoms with Crippen LogP contribution in [0, 0.1) is 5.92 Å². The van der Waals surface area contributed by atoms with Gasteiger partial charge in [0.25, 0.3) is 0 Å². The highest BCUT2D eigenvalue weighted by molar-refractivity contribution is 7.91. The van der Waals surface area contributed by atoms with Crippen molar-refractivity contribution < 1.29 is 36.2 Å². The number of hydrogen-bond donors (Lipinski definition) is 1. The van der Waals surface area contributed by atoms with Gasteiger partial charge < -0.3 is 19.3 Å². The molecule has 4 rings (SSSR count). The van der Waals surface area contributed by atoms with Gasteiger partial charge in [0, 0.05) is 0 Å². The number of ether oxygens (including phenoxy) is 3. The molecule has 0 aliphatic rings. The highest BCUT2D eigenvalue weighted by Gasteiger charge is 2.19. The van der Waals surface area contributed by atoms with Crippen LogP contribution in [-0.2, 0) is 19.7 Å². The first-order chi connectivity index (χ1) is 19.1. The zero-order valence-electron chi connectivity index (χ0n) is 22.1. The molecule has 0 aliphatic carbocycles. The quantitative estimate of drug-likeness (QED) is 0.216. The van der Waals surface area contributed by atoms with Gasteiger partial charge in [-0.15, -0.1) is 0 Å². The van der Waals surface area contributed by atoms with Crippen LogP contribution >= 0.6 is 0 Å². The van der Waals surface area contributed by atoms with Crippen molar-refractivity contribution in [3.63, 3.8) is 0 Å². The lowest BCUT2D eigenvalue weighted by Gasteiger charge is -2.11. The van der Waals surface area contributed by atoms with Crippen molar-refractivity contribution in [2.24, 2.45) is 5.92 Å². The smallest absolute Gasteiger partial charge is 0.206 e. The van der Waals surface area contributed by atoms with E-state index >= 15 is 0 Å². The zero-order chi connectivity index (χ0) is 28.8. The van der Waals surface area contributed by atoms with Crippen LogP contribution in [-0.4, -0.2) is 41.8 Å². The Morgan fingerprint density at radius 3 is 1.15 bits per heavy atom. The monoisotopic (exact) mass is 582 g/mol. The second-order valence-corrected chi connectivity index (χ2v) is 13.2. The summed E-state index contributed by atoms with van der Waals surface area (Å²) in [6.07, 6.45) is 0. The first kappa shape index (κ1) is 29.0. The molecule has 1 N–H and O–H groups in total. The van der Waals surface area contributed by atoms with Crippen molar-refractivity contribution in [3.05, 3.63) is 97.1 Å². The van der Waals surface area contributed by atoms with Crippen molar-refractivity contribution in [1.29, 1.82) is 0 Å². The van der Waals surface area contributed by atoms with Crippen molar-refractivity contribution in [3.8, 4) is 23.0 Å². The predicted molar refractivity (Wildman–Crippen MR) is 150 cm³/mol. The van der Waals surface area contributed by atoms with E-state index in [9.17, 15) is 21.9 Å². The lowest BCUT2D eigenvalue weighted by Crippen LogP contribution is -2.09. The highest BCUT2D eigenvalue weighted by Crippen LogP contribution is 2.26. The summed E-state index contributed by atoms with van der Waals surface area (Å²) in [5.41, 5.74) is 0. The summed E-state index contributed by atoms with van der Waals surface area (Å²) in [4.78, 5) is 0.505. The first-order valence-corrected chi connectivity index (χ1v) is 15.5. The van der Waals surface area contributed by atoms with Crippen molar-refractivity contribution in [2.45, 2.75) is 33.4 Å². The summed E-state index contributed by atoms with van der Waals surface area (Å²) in [7, 11) is -7.40. The summed E-state index contributed by atoms with van der Waals surface area (Å²) >= 11 is 0. The van der Waals surface area contributed by atoms with Gasteiger partial charge in [0.05, 0.1) is 26.2 Å². The summed E-state index contributed by atoms with van der Waals surface area (Å²) in [5.74, 6) is 1.92. The molecule has 0 saturated heterocycles. The molecule has 40 heavy (non-hydrogen) atoms. The summed E-state index contributed by atoms with van der Waals surface area (Å²) in [6.45, 7) is 5.01. The molecule has 0 radical (unpaired) electrons. The lowest BCUT2D eigenvalue weighted by atomic mass is 10.2. The third kappa shape index (κ3) is 7.13. The molecule has 0 bridgehead atoms. The fourth-order valence-electron chi connectivity index (χ4n) is 3.62. The molecule has 0 aromatic heterocycles. The van der Waals surface area contributed by atoms with Gasteiger partial charge in [-0.2, -0.15) is 0 Å². The molecule has 210 valence electrons. The van der Waals surface area contributed by atoms with Crippen LogP contribution in [0.2, 0.25) is 0 Å². The molecular weight excluding hydrogens is 552 g/mol.